The molecule has 9 nitrogen and oxygen atoms in total. The quantitative estimate of drug-likeness (QED) is 0.194. The second-order valence-electron chi connectivity index (χ2n) is 10.1. The largest absolute Gasteiger partial charge is 0.463 e. The van der Waals surface area contributed by atoms with Gasteiger partial charge in [0.25, 0.3) is 0 Å². The molecule has 3 atom stereocenters. The molecule has 0 aromatic heterocycles. The van der Waals surface area contributed by atoms with E-state index in [9.17, 15) is 14.4 Å². The molecule has 2 aromatic carbocycles. The third-order valence-electron chi connectivity index (χ3n) is 6.74. The zero-order valence-electron chi connectivity index (χ0n) is 23.5. The van der Waals surface area contributed by atoms with Crippen LogP contribution in [0.5, 0.6) is 0 Å². The van der Waals surface area contributed by atoms with Crippen molar-refractivity contribution in [3.63, 3.8) is 0 Å². The van der Waals surface area contributed by atoms with E-state index < -0.39 is 12.0 Å². The third-order valence-corrected chi connectivity index (χ3v) is 6.74. The Morgan fingerprint density at radius 1 is 0.951 bits per heavy atom. The van der Waals surface area contributed by atoms with Crippen LogP contribution in [-0.4, -0.2) is 68.5 Å². The molecule has 1 aliphatic rings. The van der Waals surface area contributed by atoms with Crippen molar-refractivity contribution in [3.05, 3.63) is 83.9 Å². The third kappa shape index (κ3) is 12.7. The van der Waals surface area contributed by atoms with E-state index in [0.717, 1.165) is 11.1 Å². The molecular weight excluding hydrogens is 524 g/mol. The number of nitrogens with one attached hydrogen (secondary N) is 2. The highest BCUT2D eigenvalue weighted by Gasteiger charge is 2.26. The minimum Gasteiger partial charge on any atom is -0.463 e. The van der Waals surface area contributed by atoms with Gasteiger partial charge in [-0.2, -0.15) is 0 Å². The van der Waals surface area contributed by atoms with Gasteiger partial charge in [0.1, 0.15) is 6.61 Å². The Morgan fingerprint density at radius 2 is 1.68 bits per heavy atom. The van der Waals surface area contributed by atoms with Gasteiger partial charge in [-0.1, -0.05) is 72.8 Å². The molecule has 0 saturated carbocycles. The molecule has 3 rings (SSSR count). The van der Waals surface area contributed by atoms with Crippen LogP contribution in [0.4, 0.5) is 0 Å². The lowest BCUT2D eigenvalue weighted by Crippen LogP contribution is -2.46. The molecule has 222 valence electrons. The van der Waals surface area contributed by atoms with Crippen LogP contribution in [0.25, 0.3) is 0 Å². The van der Waals surface area contributed by atoms with Crippen LogP contribution in [0.2, 0.25) is 0 Å². The van der Waals surface area contributed by atoms with Gasteiger partial charge in [-0.25, -0.2) is 0 Å². The number of amides is 2. The number of esters is 1. The van der Waals surface area contributed by atoms with E-state index in [1.807, 2.05) is 72.8 Å². The number of rotatable bonds is 13. The van der Waals surface area contributed by atoms with Gasteiger partial charge in [-0.15, -0.1) is 0 Å². The Balaban J connectivity index is 1.67. The molecule has 41 heavy (non-hydrogen) atoms. The molecule has 1 aliphatic heterocycles. The molecular formula is C32H42N2O7. The fourth-order valence-electron chi connectivity index (χ4n) is 4.53. The van der Waals surface area contributed by atoms with Crippen LogP contribution >= 0.6 is 0 Å². The van der Waals surface area contributed by atoms with Gasteiger partial charge >= 0.3 is 5.97 Å². The van der Waals surface area contributed by atoms with Crippen molar-refractivity contribution < 1.29 is 33.7 Å². The maximum absolute atomic E-state index is 13.3. The van der Waals surface area contributed by atoms with Crippen LogP contribution in [0.1, 0.15) is 36.8 Å². The number of hydrogen-bond acceptors (Lipinski definition) is 7. The predicted octanol–water partition coefficient (Wildman–Crippen LogP) is 2.96. The highest BCUT2D eigenvalue weighted by Crippen LogP contribution is 2.19. The number of cyclic esters (lactones) is 1. The topological polar surface area (TPSA) is 123 Å². The molecule has 0 aliphatic carbocycles. The van der Waals surface area contributed by atoms with Crippen LogP contribution < -0.4 is 10.6 Å². The lowest BCUT2D eigenvalue weighted by molar-refractivity contribution is -0.150. The van der Waals surface area contributed by atoms with Crippen molar-refractivity contribution in [2.45, 2.75) is 44.8 Å². The fraction of sp³-hybridized carbons (Fsp3) is 0.469. The van der Waals surface area contributed by atoms with Gasteiger partial charge < -0.3 is 30.0 Å². The van der Waals surface area contributed by atoms with Crippen LogP contribution in [0.15, 0.2) is 72.8 Å². The van der Waals surface area contributed by atoms with Crippen molar-refractivity contribution in [3.8, 4) is 0 Å². The summed E-state index contributed by atoms with van der Waals surface area (Å²) in [6, 6.07) is 19.0. The molecule has 1 heterocycles. The van der Waals surface area contributed by atoms with Gasteiger partial charge in [-0.05, 0) is 36.8 Å². The van der Waals surface area contributed by atoms with E-state index in [-0.39, 0.29) is 69.7 Å². The SMILES string of the molecule is O=C(CC1CC=CCCC(Cc2ccccc2)C(=O)OCC(COCc2ccccc2)NC1=O)NCCOCCO. The standard InChI is InChI=1S/C32H42N2O7/c35-17-19-39-18-16-33-30(36)21-27-14-8-3-9-15-28(20-25-10-4-1-5-11-25)32(38)41-24-29(34-31(27)37)23-40-22-26-12-6-2-7-13-26/h1-8,10-13,27-29,35H,9,14-24H2,(H,33,36)(H,34,37). The number of allylic oxidation sites excluding steroid dienone is 2. The van der Waals surface area contributed by atoms with Gasteiger partial charge in [-0.3, -0.25) is 14.4 Å². The Hall–Kier alpha value is -3.53. The molecule has 3 unspecified atom stereocenters. The minimum atomic E-state index is -0.599. The summed E-state index contributed by atoms with van der Waals surface area (Å²) in [7, 11) is 0. The van der Waals surface area contributed by atoms with E-state index in [0.29, 0.717) is 32.3 Å². The second-order valence-corrected chi connectivity index (χ2v) is 10.1. The summed E-state index contributed by atoms with van der Waals surface area (Å²) in [5.41, 5.74) is 2.05. The molecule has 0 fully saturated rings. The summed E-state index contributed by atoms with van der Waals surface area (Å²) in [6.45, 7) is 1.16. The summed E-state index contributed by atoms with van der Waals surface area (Å²) in [4.78, 5) is 39.0. The van der Waals surface area contributed by atoms with E-state index >= 15 is 0 Å². The first-order valence-electron chi connectivity index (χ1n) is 14.3. The molecule has 3 N–H and O–H groups in total. The summed E-state index contributed by atoms with van der Waals surface area (Å²) >= 11 is 0. The van der Waals surface area contributed by atoms with Crippen molar-refractivity contribution in [1.82, 2.24) is 10.6 Å². The summed E-state index contributed by atoms with van der Waals surface area (Å²) in [5, 5.41) is 14.5. The molecule has 0 bridgehead atoms. The Bertz CT molecular complexity index is 1080. The van der Waals surface area contributed by atoms with Gasteiger partial charge in [0.05, 0.1) is 50.9 Å². The summed E-state index contributed by atoms with van der Waals surface area (Å²) < 4.78 is 16.8. The number of aliphatic hydroxyl groups excluding tert-OH is 1. The maximum atomic E-state index is 13.3. The number of hydrogen-bond donors (Lipinski definition) is 3. The van der Waals surface area contributed by atoms with Gasteiger partial charge in [0.2, 0.25) is 11.8 Å². The maximum Gasteiger partial charge on any atom is 0.309 e. The number of ether oxygens (including phenoxy) is 3. The predicted molar refractivity (Wildman–Crippen MR) is 155 cm³/mol. The van der Waals surface area contributed by atoms with Crippen LogP contribution in [0, 0.1) is 11.8 Å². The summed E-state index contributed by atoms with van der Waals surface area (Å²) in [5.74, 6) is -1.78. The molecule has 0 saturated heterocycles. The first kappa shape index (κ1) is 32.0. The van der Waals surface area contributed by atoms with Crippen LogP contribution in [0.3, 0.4) is 0 Å². The lowest BCUT2D eigenvalue weighted by Gasteiger charge is -2.23. The minimum absolute atomic E-state index is 0.00415. The van der Waals surface area contributed by atoms with Crippen molar-refractivity contribution in [2.75, 3.05) is 39.6 Å². The van der Waals surface area contributed by atoms with E-state index in [2.05, 4.69) is 10.6 Å². The molecule has 0 spiro atoms. The lowest BCUT2D eigenvalue weighted by atomic mass is 9.94. The second kappa shape index (κ2) is 18.7. The van der Waals surface area contributed by atoms with E-state index in [4.69, 9.17) is 19.3 Å². The Kier molecular flexibility index (Phi) is 14.6. The fourth-order valence-corrected chi connectivity index (χ4v) is 4.53. The Morgan fingerprint density at radius 3 is 2.41 bits per heavy atom. The normalized spacial score (nSPS) is 20.2. The van der Waals surface area contributed by atoms with E-state index in [1.54, 1.807) is 0 Å². The number of aliphatic hydroxyl groups is 1. The van der Waals surface area contributed by atoms with Crippen LogP contribution in [-0.2, 0) is 41.6 Å². The highest BCUT2D eigenvalue weighted by atomic mass is 16.5. The first-order valence-corrected chi connectivity index (χ1v) is 14.3. The average Bonchev–Trinajstić information content (AvgIpc) is 2.99. The molecule has 0 radical (unpaired) electrons. The van der Waals surface area contributed by atoms with Crippen molar-refractivity contribution in [1.29, 1.82) is 0 Å². The monoisotopic (exact) mass is 566 g/mol. The average molecular weight is 567 g/mol. The van der Waals surface area contributed by atoms with Gasteiger partial charge in [0.15, 0.2) is 0 Å². The highest BCUT2D eigenvalue weighted by molar-refractivity contribution is 5.86. The molecule has 9 heteroatoms. The molecule has 2 amide bonds. The van der Waals surface area contributed by atoms with Crippen molar-refractivity contribution in [2.24, 2.45) is 11.8 Å². The van der Waals surface area contributed by atoms with Gasteiger partial charge in [0, 0.05) is 13.0 Å². The van der Waals surface area contributed by atoms with E-state index in [1.165, 1.54) is 0 Å². The van der Waals surface area contributed by atoms with Crippen molar-refractivity contribution >= 4 is 17.8 Å². The summed E-state index contributed by atoms with van der Waals surface area (Å²) in [6.07, 6.45) is 6.09. The first-order chi connectivity index (χ1) is 20.0. The Labute approximate surface area is 242 Å². The molecule has 2 aromatic rings. The number of benzene rings is 2. The zero-order valence-corrected chi connectivity index (χ0v) is 23.5. The zero-order chi connectivity index (χ0) is 29.1. The number of carbonyl (C=O) groups excluding carboxylic acids is 3. The smallest absolute Gasteiger partial charge is 0.309 e. The number of carbonyl (C=O) groups is 3.